The standard InChI is InChI=1S/C7H12N2/c1-7-3-2-4-8-5-6-9-7/h2-4,8-9H,5-6H2,1H3. The Morgan fingerprint density at radius 2 is 2.33 bits per heavy atom. The number of rotatable bonds is 0. The molecule has 1 aliphatic rings. The summed E-state index contributed by atoms with van der Waals surface area (Å²) in [4.78, 5) is 0. The van der Waals surface area contributed by atoms with Gasteiger partial charge in [0.05, 0.1) is 0 Å². The monoisotopic (exact) mass is 124 g/mol. The van der Waals surface area contributed by atoms with E-state index in [9.17, 15) is 0 Å². The van der Waals surface area contributed by atoms with Crippen LogP contribution in [0.3, 0.4) is 0 Å². The second-order valence-electron chi connectivity index (χ2n) is 2.09. The predicted molar refractivity (Wildman–Crippen MR) is 38.9 cm³/mol. The van der Waals surface area contributed by atoms with Gasteiger partial charge in [-0.2, -0.15) is 0 Å². The Bertz CT molecular complexity index is 136. The van der Waals surface area contributed by atoms with Crippen LogP contribution >= 0.6 is 0 Å². The minimum atomic E-state index is 1.00. The van der Waals surface area contributed by atoms with E-state index in [1.54, 1.807) is 0 Å². The third kappa shape index (κ3) is 2.22. The zero-order valence-corrected chi connectivity index (χ0v) is 5.65. The molecule has 0 bridgehead atoms. The molecule has 0 unspecified atom stereocenters. The maximum atomic E-state index is 3.23. The Balaban J connectivity index is 2.48. The van der Waals surface area contributed by atoms with Crippen LogP contribution < -0.4 is 10.6 Å². The first kappa shape index (κ1) is 6.20. The molecule has 0 atom stereocenters. The van der Waals surface area contributed by atoms with Crippen molar-refractivity contribution in [3.8, 4) is 0 Å². The van der Waals surface area contributed by atoms with E-state index in [0.29, 0.717) is 0 Å². The number of nitrogens with one attached hydrogen (secondary N) is 2. The molecule has 0 saturated heterocycles. The molecule has 1 heterocycles. The smallest absolute Gasteiger partial charge is 0.0317 e. The van der Waals surface area contributed by atoms with Crippen molar-refractivity contribution >= 4 is 0 Å². The summed E-state index contributed by atoms with van der Waals surface area (Å²) in [5.74, 6) is 0. The lowest BCUT2D eigenvalue weighted by atomic mass is 10.4. The third-order valence-corrected chi connectivity index (χ3v) is 1.23. The lowest BCUT2D eigenvalue weighted by molar-refractivity contribution is 0.733. The van der Waals surface area contributed by atoms with Gasteiger partial charge >= 0.3 is 0 Å². The van der Waals surface area contributed by atoms with Crippen LogP contribution in [0.25, 0.3) is 0 Å². The third-order valence-electron chi connectivity index (χ3n) is 1.23. The van der Waals surface area contributed by atoms with Crippen molar-refractivity contribution in [1.29, 1.82) is 0 Å². The van der Waals surface area contributed by atoms with Crippen molar-refractivity contribution in [1.82, 2.24) is 10.6 Å². The molecular weight excluding hydrogens is 112 g/mol. The lowest BCUT2D eigenvalue weighted by Gasteiger charge is -2.07. The molecule has 2 nitrogen and oxygen atoms in total. The first-order chi connectivity index (χ1) is 4.39. The summed E-state index contributed by atoms with van der Waals surface area (Å²) >= 11 is 0. The molecule has 2 heteroatoms. The first-order valence-corrected chi connectivity index (χ1v) is 3.20. The van der Waals surface area contributed by atoms with Crippen molar-refractivity contribution in [2.75, 3.05) is 13.1 Å². The molecule has 2 N–H and O–H groups in total. The van der Waals surface area contributed by atoms with Crippen LogP contribution in [-0.2, 0) is 0 Å². The molecule has 1 aliphatic heterocycles. The van der Waals surface area contributed by atoms with Gasteiger partial charge in [-0.3, -0.25) is 0 Å². The van der Waals surface area contributed by atoms with Crippen molar-refractivity contribution in [2.24, 2.45) is 0 Å². The van der Waals surface area contributed by atoms with Gasteiger partial charge in [-0.05, 0) is 25.3 Å². The molecule has 0 aromatic heterocycles. The fraction of sp³-hybridized carbons (Fsp3) is 0.429. The highest BCUT2D eigenvalue weighted by molar-refractivity contribution is 5.09. The molecule has 50 valence electrons. The molecule has 0 aromatic rings. The van der Waals surface area contributed by atoms with Crippen molar-refractivity contribution in [3.05, 3.63) is 24.0 Å². The second-order valence-corrected chi connectivity index (χ2v) is 2.09. The number of allylic oxidation sites excluding steroid dienone is 3. The van der Waals surface area contributed by atoms with E-state index in [4.69, 9.17) is 0 Å². The maximum Gasteiger partial charge on any atom is 0.0317 e. The molecule has 0 saturated carbocycles. The number of hydrogen-bond acceptors (Lipinski definition) is 2. The van der Waals surface area contributed by atoms with E-state index in [2.05, 4.69) is 17.6 Å². The van der Waals surface area contributed by atoms with Crippen LogP contribution in [0.5, 0.6) is 0 Å². The Kier molecular flexibility index (Phi) is 2.19. The maximum absolute atomic E-state index is 3.23. The van der Waals surface area contributed by atoms with E-state index in [-0.39, 0.29) is 0 Å². The van der Waals surface area contributed by atoms with Crippen LogP contribution in [0, 0.1) is 0 Å². The minimum absolute atomic E-state index is 1.00. The quantitative estimate of drug-likeness (QED) is 0.494. The highest BCUT2D eigenvalue weighted by atomic mass is 14.9. The summed E-state index contributed by atoms with van der Waals surface area (Å²) in [5.41, 5.74) is 1.23. The van der Waals surface area contributed by atoms with Crippen LogP contribution in [0.1, 0.15) is 6.92 Å². The summed E-state index contributed by atoms with van der Waals surface area (Å²) < 4.78 is 0. The molecule has 0 aromatic carbocycles. The fourth-order valence-electron chi connectivity index (χ4n) is 0.735. The Morgan fingerprint density at radius 1 is 1.44 bits per heavy atom. The summed E-state index contributed by atoms with van der Waals surface area (Å²) in [6.07, 6.45) is 6.01. The predicted octanol–water partition coefficient (Wildman–Crippen LogP) is 0.597. The van der Waals surface area contributed by atoms with Crippen LogP contribution in [0.2, 0.25) is 0 Å². The molecule has 0 aliphatic carbocycles. The highest BCUT2D eigenvalue weighted by Gasteiger charge is 1.87. The highest BCUT2D eigenvalue weighted by Crippen LogP contribution is 1.87. The summed E-state index contributed by atoms with van der Waals surface area (Å²) in [6.45, 7) is 4.07. The topological polar surface area (TPSA) is 24.1 Å². The largest absolute Gasteiger partial charge is 0.389 e. The minimum Gasteiger partial charge on any atom is -0.389 e. The van der Waals surface area contributed by atoms with Gasteiger partial charge < -0.3 is 10.6 Å². The molecule has 0 spiro atoms. The van der Waals surface area contributed by atoms with Crippen molar-refractivity contribution in [2.45, 2.75) is 6.92 Å². The molecule has 0 fully saturated rings. The van der Waals surface area contributed by atoms with Gasteiger partial charge in [0.15, 0.2) is 0 Å². The van der Waals surface area contributed by atoms with Gasteiger partial charge in [-0.15, -0.1) is 0 Å². The van der Waals surface area contributed by atoms with E-state index >= 15 is 0 Å². The second kappa shape index (κ2) is 3.17. The Hall–Kier alpha value is -0.920. The lowest BCUT2D eigenvalue weighted by Crippen LogP contribution is -2.24. The summed E-state index contributed by atoms with van der Waals surface area (Å²) in [5, 5.41) is 6.35. The van der Waals surface area contributed by atoms with E-state index in [1.807, 2.05) is 18.4 Å². The first-order valence-electron chi connectivity index (χ1n) is 3.20. The zero-order chi connectivity index (χ0) is 6.53. The fourth-order valence-corrected chi connectivity index (χ4v) is 0.735. The molecule has 0 radical (unpaired) electrons. The van der Waals surface area contributed by atoms with Crippen molar-refractivity contribution in [3.63, 3.8) is 0 Å². The summed E-state index contributed by atoms with van der Waals surface area (Å²) in [7, 11) is 0. The van der Waals surface area contributed by atoms with Gasteiger partial charge in [0.25, 0.3) is 0 Å². The van der Waals surface area contributed by atoms with Gasteiger partial charge in [-0.25, -0.2) is 0 Å². The average molecular weight is 124 g/mol. The van der Waals surface area contributed by atoms with Gasteiger partial charge in [0, 0.05) is 18.8 Å². The Labute approximate surface area is 55.6 Å². The van der Waals surface area contributed by atoms with Gasteiger partial charge in [0.2, 0.25) is 0 Å². The average Bonchev–Trinajstić information content (AvgIpc) is 1.79. The van der Waals surface area contributed by atoms with Crippen LogP contribution in [0.4, 0.5) is 0 Å². The molecule has 9 heavy (non-hydrogen) atoms. The molecule has 0 amide bonds. The molecular formula is C7H12N2. The van der Waals surface area contributed by atoms with Crippen molar-refractivity contribution < 1.29 is 0 Å². The van der Waals surface area contributed by atoms with E-state index in [0.717, 1.165) is 13.1 Å². The normalized spacial score (nSPS) is 18.6. The van der Waals surface area contributed by atoms with Crippen LogP contribution in [0.15, 0.2) is 24.0 Å². The Morgan fingerprint density at radius 3 is 3.22 bits per heavy atom. The van der Waals surface area contributed by atoms with Crippen LogP contribution in [-0.4, -0.2) is 13.1 Å². The van der Waals surface area contributed by atoms with Gasteiger partial charge in [0.1, 0.15) is 0 Å². The van der Waals surface area contributed by atoms with E-state index in [1.165, 1.54) is 5.70 Å². The summed E-state index contributed by atoms with van der Waals surface area (Å²) in [6, 6.07) is 0. The zero-order valence-electron chi connectivity index (χ0n) is 5.65. The molecule has 1 rings (SSSR count). The number of hydrogen-bond donors (Lipinski definition) is 2. The van der Waals surface area contributed by atoms with Gasteiger partial charge in [-0.1, -0.05) is 0 Å². The SMILES string of the molecule is CC1=CC=CNCCN1. The van der Waals surface area contributed by atoms with E-state index < -0.39 is 0 Å².